The zero-order valence-electron chi connectivity index (χ0n) is 15.1. The lowest BCUT2D eigenvalue weighted by molar-refractivity contribution is -0.142. The van der Waals surface area contributed by atoms with Gasteiger partial charge in [0, 0.05) is 7.11 Å². The Labute approximate surface area is 152 Å². The maximum Gasteiger partial charge on any atom is 0.257 e. The fourth-order valence-electron chi connectivity index (χ4n) is 3.39. The molecule has 2 aromatic rings. The molecule has 0 aliphatic carbocycles. The molecule has 1 amide bonds. The average Bonchev–Trinajstić information content (AvgIpc) is 2.61. The number of fused-ring (bicyclic) bond motifs is 1. The Kier molecular flexibility index (Phi) is 4.85. The highest BCUT2D eigenvalue weighted by atomic mass is 16.5. The second-order valence-corrected chi connectivity index (χ2v) is 6.72. The number of rotatable bonds is 4. The third-order valence-electron chi connectivity index (χ3n) is 4.70. The van der Waals surface area contributed by atoms with Crippen LogP contribution in [-0.4, -0.2) is 29.3 Å². The van der Waals surface area contributed by atoms with Gasteiger partial charge < -0.3 is 20.3 Å². The minimum Gasteiger partial charge on any atom is -0.507 e. The molecule has 5 nitrogen and oxygen atoms in total. The molecule has 2 atom stereocenters. The van der Waals surface area contributed by atoms with E-state index < -0.39 is 17.6 Å². The normalized spacial score (nSPS) is 21.7. The molecule has 1 heterocycles. The Hall–Kier alpha value is -2.63. The lowest BCUT2D eigenvalue weighted by Crippen LogP contribution is -2.52. The molecule has 1 aliphatic heterocycles. The summed E-state index contributed by atoms with van der Waals surface area (Å²) in [7, 11) is 1.37. The summed E-state index contributed by atoms with van der Waals surface area (Å²) in [6.45, 7) is 3.97. The lowest BCUT2D eigenvalue weighted by Gasteiger charge is -2.40. The van der Waals surface area contributed by atoms with Crippen LogP contribution < -0.4 is 5.32 Å². The van der Waals surface area contributed by atoms with E-state index >= 15 is 0 Å². The van der Waals surface area contributed by atoms with E-state index in [0.717, 1.165) is 5.57 Å². The van der Waals surface area contributed by atoms with Gasteiger partial charge in [0.15, 0.2) is 11.7 Å². The predicted octanol–water partition coefficient (Wildman–Crippen LogP) is 3.10. The van der Waals surface area contributed by atoms with Gasteiger partial charge in [0.1, 0.15) is 5.75 Å². The van der Waals surface area contributed by atoms with Crippen molar-refractivity contribution in [3.8, 4) is 5.75 Å². The van der Waals surface area contributed by atoms with Crippen molar-refractivity contribution < 1.29 is 19.7 Å². The number of carbonyl (C=O) groups is 1. The van der Waals surface area contributed by atoms with Crippen LogP contribution in [0, 0.1) is 0 Å². The van der Waals surface area contributed by atoms with Gasteiger partial charge in [-0.3, -0.25) is 4.79 Å². The van der Waals surface area contributed by atoms with Gasteiger partial charge in [0.25, 0.3) is 5.91 Å². The number of hydrogen-bond acceptors (Lipinski definition) is 4. The summed E-state index contributed by atoms with van der Waals surface area (Å²) in [5.74, 6) is -0.490. The number of aliphatic hydroxyl groups is 1. The SMILES string of the molecule is CO[C@@H]1C(=O)Nc2ccc(CC=C(C)C)c(O)c2[C@@]1(O)c1ccccc1. The smallest absolute Gasteiger partial charge is 0.257 e. The number of benzene rings is 2. The summed E-state index contributed by atoms with van der Waals surface area (Å²) in [4.78, 5) is 12.5. The third-order valence-corrected chi connectivity index (χ3v) is 4.70. The number of ether oxygens (including phenoxy) is 1. The summed E-state index contributed by atoms with van der Waals surface area (Å²) >= 11 is 0. The summed E-state index contributed by atoms with van der Waals surface area (Å²) in [6, 6.07) is 12.3. The van der Waals surface area contributed by atoms with Crippen LogP contribution in [0.2, 0.25) is 0 Å². The molecular formula is C21H23NO4. The van der Waals surface area contributed by atoms with Crippen LogP contribution >= 0.6 is 0 Å². The molecule has 2 aromatic carbocycles. The molecule has 0 aromatic heterocycles. The van der Waals surface area contributed by atoms with Crippen molar-refractivity contribution in [3.63, 3.8) is 0 Å². The first kappa shape index (κ1) is 18.2. The zero-order chi connectivity index (χ0) is 18.9. The Morgan fingerprint density at radius 1 is 1.23 bits per heavy atom. The van der Waals surface area contributed by atoms with E-state index in [4.69, 9.17) is 4.74 Å². The van der Waals surface area contributed by atoms with Crippen LogP contribution in [0.1, 0.15) is 30.5 Å². The first-order chi connectivity index (χ1) is 12.4. The van der Waals surface area contributed by atoms with Crippen LogP contribution in [0.5, 0.6) is 5.75 Å². The highest BCUT2D eigenvalue weighted by molar-refractivity contribution is 6.00. The number of carbonyl (C=O) groups excluding carboxylic acids is 1. The van der Waals surface area contributed by atoms with E-state index in [2.05, 4.69) is 5.32 Å². The average molecular weight is 353 g/mol. The van der Waals surface area contributed by atoms with Crippen LogP contribution in [0.3, 0.4) is 0 Å². The summed E-state index contributed by atoms with van der Waals surface area (Å²) in [5.41, 5.74) is 1.13. The molecule has 3 N–H and O–H groups in total. The number of hydrogen-bond donors (Lipinski definition) is 3. The number of aromatic hydroxyl groups is 1. The van der Waals surface area contributed by atoms with E-state index in [9.17, 15) is 15.0 Å². The molecule has 0 fully saturated rings. The molecule has 0 saturated heterocycles. The maximum atomic E-state index is 12.5. The van der Waals surface area contributed by atoms with Gasteiger partial charge in [-0.25, -0.2) is 0 Å². The fourth-order valence-corrected chi connectivity index (χ4v) is 3.39. The maximum absolute atomic E-state index is 12.5. The zero-order valence-corrected chi connectivity index (χ0v) is 15.1. The second kappa shape index (κ2) is 6.94. The summed E-state index contributed by atoms with van der Waals surface area (Å²) < 4.78 is 5.34. The Morgan fingerprint density at radius 2 is 1.92 bits per heavy atom. The number of anilines is 1. The largest absolute Gasteiger partial charge is 0.507 e. The molecule has 0 saturated carbocycles. The van der Waals surface area contributed by atoms with Gasteiger partial charge in [-0.2, -0.15) is 0 Å². The monoisotopic (exact) mass is 353 g/mol. The Balaban J connectivity index is 2.26. The van der Waals surface area contributed by atoms with Crippen molar-refractivity contribution in [1.82, 2.24) is 0 Å². The Morgan fingerprint density at radius 3 is 2.54 bits per heavy atom. The summed E-state index contributed by atoms with van der Waals surface area (Å²) in [5, 5.41) is 25.3. The second-order valence-electron chi connectivity index (χ2n) is 6.72. The van der Waals surface area contributed by atoms with E-state index in [1.165, 1.54) is 7.11 Å². The van der Waals surface area contributed by atoms with E-state index in [1.54, 1.807) is 36.4 Å². The van der Waals surface area contributed by atoms with Crippen LogP contribution in [0.25, 0.3) is 0 Å². The number of phenols is 1. The summed E-state index contributed by atoms with van der Waals surface area (Å²) in [6.07, 6.45) is 1.35. The van der Waals surface area contributed by atoms with Crippen molar-refractivity contribution in [2.75, 3.05) is 12.4 Å². The fraction of sp³-hybridized carbons (Fsp3) is 0.286. The highest BCUT2D eigenvalue weighted by Crippen LogP contribution is 2.47. The van der Waals surface area contributed by atoms with Gasteiger partial charge in [-0.05, 0) is 37.5 Å². The number of phenolic OH excluding ortho intramolecular Hbond substituents is 1. The minimum atomic E-state index is -1.79. The van der Waals surface area contributed by atoms with Gasteiger partial charge >= 0.3 is 0 Å². The molecule has 0 spiro atoms. The number of methoxy groups -OCH3 is 1. The predicted molar refractivity (Wildman–Crippen MR) is 100 cm³/mol. The topological polar surface area (TPSA) is 78.8 Å². The van der Waals surface area contributed by atoms with Crippen molar-refractivity contribution in [2.24, 2.45) is 0 Å². The van der Waals surface area contributed by atoms with Crippen molar-refractivity contribution in [3.05, 3.63) is 70.8 Å². The van der Waals surface area contributed by atoms with Crippen LogP contribution in [-0.2, 0) is 21.6 Å². The quantitative estimate of drug-likeness (QED) is 0.738. The number of nitrogens with one attached hydrogen (secondary N) is 1. The molecule has 3 rings (SSSR count). The third kappa shape index (κ3) is 2.89. The molecule has 1 aliphatic rings. The van der Waals surface area contributed by atoms with E-state index in [1.807, 2.05) is 26.0 Å². The first-order valence-corrected chi connectivity index (χ1v) is 8.49. The number of allylic oxidation sites excluding steroid dienone is 2. The molecule has 136 valence electrons. The number of amides is 1. The van der Waals surface area contributed by atoms with Crippen molar-refractivity contribution in [2.45, 2.75) is 32.0 Å². The Bertz CT molecular complexity index is 856. The van der Waals surface area contributed by atoms with E-state index in [-0.39, 0.29) is 11.3 Å². The standard InChI is InChI=1S/C21H23NO4/c1-13(2)9-10-14-11-12-16-17(18(14)23)21(25,15-7-5-4-6-8-15)19(26-3)20(24)22-16/h4-9,11-12,19,23,25H,10H2,1-3H3,(H,22,24)/t19-,21+/m1/s1. The van der Waals surface area contributed by atoms with Gasteiger partial charge in [0.05, 0.1) is 11.3 Å². The first-order valence-electron chi connectivity index (χ1n) is 8.49. The van der Waals surface area contributed by atoms with Gasteiger partial charge in [-0.1, -0.05) is 48.0 Å². The molecule has 26 heavy (non-hydrogen) atoms. The van der Waals surface area contributed by atoms with Crippen molar-refractivity contribution >= 4 is 11.6 Å². The highest BCUT2D eigenvalue weighted by Gasteiger charge is 2.51. The van der Waals surface area contributed by atoms with E-state index in [0.29, 0.717) is 23.2 Å². The van der Waals surface area contributed by atoms with Crippen molar-refractivity contribution in [1.29, 1.82) is 0 Å². The lowest BCUT2D eigenvalue weighted by atomic mass is 9.76. The van der Waals surface area contributed by atoms with Gasteiger partial charge in [-0.15, -0.1) is 0 Å². The molecular weight excluding hydrogens is 330 g/mol. The van der Waals surface area contributed by atoms with Crippen LogP contribution in [0.4, 0.5) is 5.69 Å². The minimum absolute atomic E-state index is 0.0339. The molecule has 0 bridgehead atoms. The molecule has 0 radical (unpaired) electrons. The van der Waals surface area contributed by atoms with Crippen LogP contribution in [0.15, 0.2) is 54.1 Å². The van der Waals surface area contributed by atoms with Gasteiger partial charge in [0.2, 0.25) is 0 Å². The molecule has 0 unspecified atom stereocenters. The molecule has 5 heteroatoms.